The summed E-state index contributed by atoms with van der Waals surface area (Å²) in [5, 5.41) is 23.3. The first-order valence-corrected chi connectivity index (χ1v) is 13.5. The number of aliphatic hydroxyl groups is 2. The smallest absolute Gasteiger partial charge is 0.193 e. The van der Waals surface area contributed by atoms with Gasteiger partial charge in [0.1, 0.15) is 12.4 Å². The minimum atomic E-state index is -1.39. The molecule has 4 fully saturated rings. The SMILES string of the molecule is C[C@]12C=CC(=O)C=C1CC[C@@H]1[C@@H]2[C@@H](O)C[C@@]2(C)[C@H]1C[C@H]1O[C@@H](/C=C/c3sccc3F)O[C@]12C(=O)CO. The Morgan fingerprint density at radius 1 is 1.36 bits per heavy atom. The molecule has 1 aromatic heterocycles. The second kappa shape index (κ2) is 8.27. The first-order chi connectivity index (χ1) is 17.1. The molecule has 0 unspecified atom stereocenters. The molecule has 4 aliphatic carbocycles. The molecule has 0 bridgehead atoms. The molecule has 9 atom stereocenters. The van der Waals surface area contributed by atoms with Crippen molar-refractivity contribution in [3.05, 3.63) is 52.0 Å². The third-order valence-electron chi connectivity index (χ3n) is 9.86. The molecule has 5 aliphatic rings. The molecule has 0 spiro atoms. The lowest BCUT2D eigenvalue weighted by atomic mass is 9.46. The monoisotopic (exact) mass is 514 g/mol. The third-order valence-corrected chi connectivity index (χ3v) is 10.7. The number of fused-ring (bicyclic) bond motifs is 7. The fraction of sp³-hybridized carbons (Fsp3) is 0.571. The minimum Gasteiger partial charge on any atom is -0.393 e. The van der Waals surface area contributed by atoms with Crippen LogP contribution >= 0.6 is 11.3 Å². The highest BCUT2D eigenvalue weighted by atomic mass is 32.1. The quantitative estimate of drug-likeness (QED) is 0.635. The molecule has 192 valence electrons. The molecule has 6 rings (SSSR count). The van der Waals surface area contributed by atoms with E-state index in [9.17, 15) is 24.2 Å². The number of hydrogen-bond acceptors (Lipinski definition) is 7. The van der Waals surface area contributed by atoms with E-state index in [1.807, 2.05) is 13.0 Å². The van der Waals surface area contributed by atoms with Crippen LogP contribution in [0.5, 0.6) is 0 Å². The van der Waals surface area contributed by atoms with Crippen molar-refractivity contribution in [3.8, 4) is 0 Å². The Hall–Kier alpha value is -1.97. The van der Waals surface area contributed by atoms with Gasteiger partial charge in [-0.15, -0.1) is 11.3 Å². The average molecular weight is 515 g/mol. The third kappa shape index (κ3) is 3.14. The first-order valence-electron chi connectivity index (χ1n) is 12.6. The van der Waals surface area contributed by atoms with Crippen molar-refractivity contribution in [2.24, 2.45) is 28.6 Å². The summed E-state index contributed by atoms with van der Waals surface area (Å²) in [7, 11) is 0. The maximum atomic E-state index is 13.9. The number of thiophene rings is 1. The van der Waals surface area contributed by atoms with Crippen LogP contribution in [0.25, 0.3) is 6.08 Å². The van der Waals surface area contributed by atoms with Crippen LogP contribution in [-0.4, -0.2) is 52.5 Å². The maximum absolute atomic E-state index is 13.9. The molecule has 1 aromatic rings. The topological polar surface area (TPSA) is 93.1 Å². The van der Waals surface area contributed by atoms with E-state index in [4.69, 9.17) is 9.47 Å². The fourth-order valence-electron chi connectivity index (χ4n) is 8.39. The highest BCUT2D eigenvalue weighted by Crippen LogP contribution is 2.69. The molecular formula is C28H31FO6S. The van der Waals surface area contributed by atoms with Crippen molar-refractivity contribution in [1.82, 2.24) is 0 Å². The van der Waals surface area contributed by atoms with Gasteiger partial charge in [0.15, 0.2) is 23.5 Å². The van der Waals surface area contributed by atoms with Crippen LogP contribution in [0.1, 0.15) is 44.4 Å². The number of carbonyl (C=O) groups excluding carboxylic acids is 2. The number of aliphatic hydroxyl groups excluding tert-OH is 2. The number of ketones is 2. The zero-order valence-electron chi connectivity index (χ0n) is 20.4. The van der Waals surface area contributed by atoms with Crippen molar-refractivity contribution >= 4 is 29.0 Å². The zero-order valence-corrected chi connectivity index (χ0v) is 21.2. The number of allylic oxidation sites excluding steroid dienone is 4. The van der Waals surface area contributed by atoms with E-state index < -0.39 is 47.3 Å². The maximum Gasteiger partial charge on any atom is 0.193 e. The summed E-state index contributed by atoms with van der Waals surface area (Å²) in [5.74, 6) is -0.724. The summed E-state index contributed by atoms with van der Waals surface area (Å²) in [6, 6.07) is 1.39. The van der Waals surface area contributed by atoms with Gasteiger partial charge in [0, 0.05) is 16.7 Å². The second-order valence-corrected chi connectivity index (χ2v) is 12.3. The highest BCUT2D eigenvalue weighted by molar-refractivity contribution is 7.10. The summed E-state index contributed by atoms with van der Waals surface area (Å²) in [6.07, 6.45) is 8.81. The van der Waals surface area contributed by atoms with E-state index in [2.05, 4.69) is 6.92 Å². The highest BCUT2D eigenvalue weighted by Gasteiger charge is 2.75. The Labute approximate surface area is 213 Å². The van der Waals surface area contributed by atoms with Crippen LogP contribution < -0.4 is 0 Å². The van der Waals surface area contributed by atoms with Crippen LogP contribution in [0.15, 0.2) is 41.3 Å². The van der Waals surface area contributed by atoms with Crippen LogP contribution in [0, 0.1) is 34.4 Å². The molecule has 1 aliphatic heterocycles. The van der Waals surface area contributed by atoms with Gasteiger partial charge in [-0.25, -0.2) is 4.39 Å². The second-order valence-electron chi connectivity index (χ2n) is 11.4. The molecule has 0 amide bonds. The van der Waals surface area contributed by atoms with Crippen molar-refractivity contribution in [2.45, 2.75) is 63.6 Å². The number of carbonyl (C=O) groups is 2. The Balaban J connectivity index is 1.35. The molecule has 0 aromatic carbocycles. The van der Waals surface area contributed by atoms with Gasteiger partial charge in [0.05, 0.1) is 17.1 Å². The minimum absolute atomic E-state index is 0.0118. The summed E-state index contributed by atoms with van der Waals surface area (Å²) >= 11 is 1.26. The van der Waals surface area contributed by atoms with Crippen molar-refractivity contribution < 1.29 is 33.7 Å². The average Bonchev–Trinajstić information content (AvgIpc) is 3.49. The number of hydrogen-bond donors (Lipinski definition) is 2. The van der Waals surface area contributed by atoms with Crippen LogP contribution in [0.2, 0.25) is 0 Å². The van der Waals surface area contributed by atoms with Crippen molar-refractivity contribution in [3.63, 3.8) is 0 Å². The van der Waals surface area contributed by atoms with Gasteiger partial charge >= 0.3 is 0 Å². The lowest BCUT2D eigenvalue weighted by Crippen LogP contribution is -2.63. The molecule has 1 saturated heterocycles. The molecule has 36 heavy (non-hydrogen) atoms. The van der Waals surface area contributed by atoms with E-state index in [0.29, 0.717) is 17.7 Å². The number of rotatable bonds is 4. The fourth-order valence-corrected chi connectivity index (χ4v) is 9.06. The summed E-state index contributed by atoms with van der Waals surface area (Å²) < 4.78 is 26.6. The predicted molar refractivity (Wildman–Crippen MR) is 131 cm³/mol. The Kier molecular flexibility index (Phi) is 5.60. The van der Waals surface area contributed by atoms with Crippen LogP contribution in [0.3, 0.4) is 0 Å². The van der Waals surface area contributed by atoms with Crippen molar-refractivity contribution in [2.75, 3.05) is 6.61 Å². The Bertz CT molecular complexity index is 1200. The standard InChI is InChI=1S/C28H31FO6S/c1-26-9-7-16(31)11-15(26)3-4-17-18-12-23-28(22(33)14-30,27(18,2)13-20(32)25(17)26)35-24(34-23)6-5-21-19(29)8-10-36-21/h5-11,17-18,20,23-25,30,32H,3-4,12-14H2,1-2H3/b6-5+/t17-,18-,20-,23+,24+,25+,26-,27-,28+/m0/s1. The molecule has 6 nitrogen and oxygen atoms in total. The van der Waals surface area contributed by atoms with Crippen LogP contribution in [0.4, 0.5) is 4.39 Å². The van der Waals surface area contributed by atoms with E-state index in [0.717, 1.165) is 18.4 Å². The van der Waals surface area contributed by atoms with Gasteiger partial charge < -0.3 is 19.7 Å². The molecule has 8 heteroatoms. The first kappa shape index (κ1) is 24.4. The summed E-state index contributed by atoms with van der Waals surface area (Å²) in [5.41, 5.74) is -1.49. The van der Waals surface area contributed by atoms with Gasteiger partial charge in [0.2, 0.25) is 0 Å². The van der Waals surface area contributed by atoms with Gasteiger partial charge in [0.25, 0.3) is 0 Å². The van der Waals surface area contributed by atoms with Crippen LogP contribution in [-0.2, 0) is 19.1 Å². The number of halogens is 1. The van der Waals surface area contributed by atoms with Gasteiger partial charge in [-0.3, -0.25) is 9.59 Å². The normalized spacial score (nSPS) is 45.2. The van der Waals surface area contributed by atoms with E-state index >= 15 is 0 Å². The molecular weight excluding hydrogens is 483 g/mol. The lowest BCUT2D eigenvalue weighted by Gasteiger charge is -2.59. The summed E-state index contributed by atoms with van der Waals surface area (Å²) in [6.45, 7) is 3.41. The van der Waals surface area contributed by atoms with E-state index in [-0.39, 0.29) is 29.4 Å². The summed E-state index contributed by atoms with van der Waals surface area (Å²) in [4.78, 5) is 25.9. The molecule has 3 saturated carbocycles. The predicted octanol–water partition coefficient (Wildman–Crippen LogP) is 3.83. The number of ether oxygens (including phenoxy) is 2. The molecule has 2 heterocycles. The molecule has 0 radical (unpaired) electrons. The largest absolute Gasteiger partial charge is 0.393 e. The van der Waals surface area contributed by atoms with Gasteiger partial charge in [-0.1, -0.05) is 25.5 Å². The Morgan fingerprint density at radius 3 is 2.89 bits per heavy atom. The Morgan fingerprint density at radius 2 is 2.17 bits per heavy atom. The lowest BCUT2D eigenvalue weighted by molar-refractivity contribution is -0.193. The zero-order chi connectivity index (χ0) is 25.5. The van der Waals surface area contributed by atoms with E-state index in [1.165, 1.54) is 17.4 Å². The number of Topliss-reactive ketones (excluding diaryl/α,β-unsaturated/α-hetero) is 1. The van der Waals surface area contributed by atoms with Gasteiger partial charge in [-0.05, 0) is 73.3 Å². The van der Waals surface area contributed by atoms with Gasteiger partial charge in [-0.2, -0.15) is 0 Å². The van der Waals surface area contributed by atoms with Crippen molar-refractivity contribution in [1.29, 1.82) is 0 Å². The van der Waals surface area contributed by atoms with E-state index in [1.54, 1.807) is 29.7 Å². The molecule has 2 N–H and O–H groups in total.